The maximum atomic E-state index is 14.1. The Balaban J connectivity index is 1.42. The maximum absolute atomic E-state index is 14.1. The van der Waals surface area contributed by atoms with Crippen LogP contribution in [0.4, 0.5) is 4.79 Å². The Morgan fingerprint density at radius 1 is 1.03 bits per heavy atom. The van der Waals surface area contributed by atoms with Crippen LogP contribution in [0, 0.1) is 17.8 Å². The fourth-order valence-corrected chi connectivity index (χ4v) is 8.78. The van der Waals surface area contributed by atoms with Gasteiger partial charge in [0.15, 0.2) is 0 Å². The number of aliphatic hydroxyl groups excluding tert-OH is 2. The highest BCUT2D eigenvalue weighted by Gasteiger charge is 2.65. The van der Waals surface area contributed by atoms with Gasteiger partial charge >= 0.3 is 6.09 Å². The van der Waals surface area contributed by atoms with Gasteiger partial charge in [-0.15, -0.1) is 6.58 Å². The number of fused-ring (bicyclic) bond motifs is 2. The van der Waals surface area contributed by atoms with Crippen LogP contribution in [0.15, 0.2) is 78.0 Å². The number of allylic oxidation sites excluding steroid dienone is 1. The first-order valence-corrected chi connectivity index (χ1v) is 21.2. The first-order valence-electron chi connectivity index (χ1n) is 21.2. The molecule has 318 valence electrons. The molecule has 0 radical (unpaired) electrons. The van der Waals surface area contributed by atoms with Crippen LogP contribution < -0.4 is 9.47 Å². The summed E-state index contributed by atoms with van der Waals surface area (Å²) in [6, 6.07) is 15.3. The third-order valence-corrected chi connectivity index (χ3v) is 11.6. The Morgan fingerprint density at radius 3 is 2.50 bits per heavy atom. The van der Waals surface area contributed by atoms with Gasteiger partial charge in [-0.2, -0.15) is 0 Å². The molecule has 58 heavy (non-hydrogen) atoms. The summed E-state index contributed by atoms with van der Waals surface area (Å²) in [6.45, 7) is 14.7. The molecule has 1 saturated carbocycles. The summed E-state index contributed by atoms with van der Waals surface area (Å²) in [7, 11) is 1.73. The monoisotopic (exact) mass is 803 g/mol. The average molecular weight is 804 g/mol. The first kappa shape index (κ1) is 43.6. The molecule has 2 aliphatic heterocycles. The van der Waals surface area contributed by atoms with Crippen LogP contribution in [-0.4, -0.2) is 116 Å². The number of carbonyl (C=O) groups excluding carboxylic acids is 1. The molecule has 2 heterocycles. The molecule has 6 rings (SSSR count). The number of hydrogen-bond acceptors (Lipinski definition) is 11. The molecule has 0 unspecified atom stereocenters. The quantitative estimate of drug-likeness (QED) is 0.0551. The van der Waals surface area contributed by atoms with Crippen molar-refractivity contribution in [2.45, 2.75) is 95.7 Å². The fraction of sp³-hybridized carbons (Fsp3) is 0.609. The van der Waals surface area contributed by atoms with Crippen molar-refractivity contribution >= 4 is 11.8 Å². The van der Waals surface area contributed by atoms with Gasteiger partial charge in [-0.25, -0.2) is 4.79 Å². The normalized spacial score (nSPS) is 25.5. The van der Waals surface area contributed by atoms with E-state index in [0.29, 0.717) is 31.8 Å². The number of aliphatic hydroxyl groups is 2. The van der Waals surface area contributed by atoms with Gasteiger partial charge in [0.1, 0.15) is 36.4 Å². The van der Waals surface area contributed by atoms with Crippen LogP contribution in [0.2, 0.25) is 0 Å². The molecule has 1 saturated heterocycles. The Bertz CT molecular complexity index is 1710. The van der Waals surface area contributed by atoms with E-state index in [1.54, 1.807) is 18.0 Å². The van der Waals surface area contributed by atoms with Gasteiger partial charge in [-0.05, 0) is 87.6 Å². The summed E-state index contributed by atoms with van der Waals surface area (Å²) in [4.78, 5) is 24.2. The van der Waals surface area contributed by atoms with E-state index in [1.165, 1.54) is 0 Å². The number of unbranched alkanes of at least 4 members (excludes halogenated alkanes) is 2. The smallest absolute Gasteiger partial charge is 0.410 e. The molecule has 4 aliphatic rings. The van der Waals surface area contributed by atoms with Crippen LogP contribution in [0.3, 0.4) is 0 Å². The zero-order valence-electron chi connectivity index (χ0n) is 35.0. The van der Waals surface area contributed by atoms with Crippen molar-refractivity contribution in [2.24, 2.45) is 22.9 Å². The van der Waals surface area contributed by atoms with E-state index in [9.17, 15) is 15.0 Å². The van der Waals surface area contributed by atoms with Crippen molar-refractivity contribution in [1.29, 1.82) is 0 Å². The summed E-state index contributed by atoms with van der Waals surface area (Å²) in [6.07, 6.45) is 8.62. The number of likely N-dealkylation sites (N-methyl/N-ethyl adjacent to an activating group) is 1. The number of hydrogen-bond donors (Lipinski definition) is 2. The molecule has 0 spiro atoms. The van der Waals surface area contributed by atoms with E-state index in [0.717, 1.165) is 73.5 Å². The summed E-state index contributed by atoms with van der Waals surface area (Å²) >= 11 is 0. The van der Waals surface area contributed by atoms with E-state index in [1.807, 2.05) is 63.2 Å². The van der Waals surface area contributed by atoms with E-state index < -0.39 is 29.4 Å². The van der Waals surface area contributed by atoms with Crippen molar-refractivity contribution in [3.05, 3.63) is 84.0 Å². The average Bonchev–Trinajstić information content (AvgIpc) is 4.05. The molecule has 2 N–H and O–H groups in total. The number of amides is 1. The maximum Gasteiger partial charge on any atom is 0.410 e. The minimum Gasteiger partial charge on any atom is -0.492 e. The first-order chi connectivity index (χ1) is 28.1. The van der Waals surface area contributed by atoms with E-state index in [4.69, 9.17) is 33.7 Å². The zero-order valence-corrected chi connectivity index (χ0v) is 35.0. The van der Waals surface area contributed by atoms with Crippen LogP contribution in [-0.2, 0) is 25.7 Å². The van der Waals surface area contributed by atoms with E-state index in [-0.39, 0.29) is 57.2 Å². The second kappa shape index (κ2) is 20.4. The molecule has 12 heteroatoms. The molecule has 1 amide bonds. The second-order valence-electron chi connectivity index (χ2n) is 16.9. The number of rotatable bonds is 22. The van der Waals surface area contributed by atoms with Gasteiger partial charge in [0.05, 0.1) is 31.5 Å². The third kappa shape index (κ3) is 10.8. The molecule has 2 aromatic carbocycles. The van der Waals surface area contributed by atoms with Crippen molar-refractivity contribution < 1.29 is 43.5 Å². The van der Waals surface area contributed by atoms with Crippen molar-refractivity contribution in [3.63, 3.8) is 0 Å². The molecule has 2 aliphatic carbocycles. The van der Waals surface area contributed by atoms with Gasteiger partial charge in [0.2, 0.25) is 5.79 Å². The van der Waals surface area contributed by atoms with Gasteiger partial charge in [-0.3, -0.25) is 4.90 Å². The van der Waals surface area contributed by atoms with Crippen LogP contribution in [0.1, 0.15) is 82.8 Å². The summed E-state index contributed by atoms with van der Waals surface area (Å²) in [5.74, 6) is -0.206. The molecule has 2 fully saturated rings. The van der Waals surface area contributed by atoms with Crippen LogP contribution in [0.5, 0.6) is 11.5 Å². The molecular weight excluding hydrogens is 739 g/mol. The van der Waals surface area contributed by atoms with Gasteiger partial charge in [0, 0.05) is 57.8 Å². The Morgan fingerprint density at radius 2 is 1.79 bits per heavy atom. The molecule has 0 bridgehead atoms. The van der Waals surface area contributed by atoms with Crippen molar-refractivity contribution in [2.75, 3.05) is 66.3 Å². The Labute approximate surface area is 344 Å². The number of nitrogens with zero attached hydrogens (tertiary/aromatic N) is 3. The topological polar surface area (TPSA) is 132 Å². The number of oxime groups is 1. The molecular formula is C46H65N3O9. The fourth-order valence-electron chi connectivity index (χ4n) is 8.78. The van der Waals surface area contributed by atoms with E-state index in [2.05, 4.69) is 23.6 Å². The number of carbonyl (C=O) groups is 1. The summed E-state index contributed by atoms with van der Waals surface area (Å²) in [5, 5.41) is 24.6. The summed E-state index contributed by atoms with van der Waals surface area (Å²) in [5.41, 5.74) is 3.21. The summed E-state index contributed by atoms with van der Waals surface area (Å²) < 4.78 is 32.2. The predicted octanol–water partition coefficient (Wildman–Crippen LogP) is 7.10. The number of benzene rings is 2. The van der Waals surface area contributed by atoms with Gasteiger partial charge < -0.3 is 43.6 Å². The highest BCUT2D eigenvalue weighted by molar-refractivity contribution is 6.03. The minimum absolute atomic E-state index is 0.0706. The molecule has 2 aromatic rings. The standard InChI is InChI=1S/C46H65N3O9/c1-6-25-56-46-41(48(5)44(52)55-28-27-53-32-33-14-8-7-9-15-33)31-39(47-58-45(2,3)4)37-29-34(16-10-12-23-50)36(17-11-13-24-51)42(43(37)46)38-30-35(18-19-40(38)57-46)54-26-22-49-20-21-49/h6-9,14-15,18-19,29-30,34,36,41-43,50-51H,1,10-13,16-17,20-28,31-32H2,2-5H3/t34-,36+,41-,42+,43+,46+/m0/s1. The lowest BCUT2D eigenvalue weighted by Crippen LogP contribution is -2.69. The Hall–Kier alpha value is -3.94. The largest absolute Gasteiger partial charge is 0.492 e. The molecule has 0 aromatic heterocycles. The van der Waals surface area contributed by atoms with Crippen molar-refractivity contribution in [3.8, 4) is 11.5 Å². The van der Waals surface area contributed by atoms with Gasteiger partial charge in [-0.1, -0.05) is 60.5 Å². The lowest BCUT2D eigenvalue weighted by Gasteiger charge is -2.59. The van der Waals surface area contributed by atoms with Gasteiger partial charge in [0.25, 0.3) is 0 Å². The number of ether oxygens (including phenoxy) is 5. The third-order valence-electron chi connectivity index (χ3n) is 11.6. The zero-order chi connectivity index (χ0) is 41.1. The van der Waals surface area contributed by atoms with Crippen LogP contribution >= 0.6 is 0 Å². The molecule has 12 nitrogen and oxygen atoms in total. The Kier molecular flexibility index (Phi) is 15.3. The SMILES string of the molecule is C=CCO[C@@]12Oc3ccc(OCCN4CC4)cc3[C@H]3[C@H](CCCCO)[C@@H](CCCCO)C=C(C(=NOC(C)(C)C)C[C@@H]1N(C)C(=O)OCCOCc1ccccc1)[C@H]32. The molecule has 6 atom stereocenters. The van der Waals surface area contributed by atoms with E-state index >= 15 is 0 Å². The predicted molar refractivity (Wildman–Crippen MR) is 223 cm³/mol. The highest BCUT2D eigenvalue weighted by Crippen LogP contribution is 2.61. The van der Waals surface area contributed by atoms with Crippen LogP contribution in [0.25, 0.3) is 0 Å². The lowest BCUT2D eigenvalue weighted by atomic mass is 9.55. The highest BCUT2D eigenvalue weighted by atomic mass is 16.7. The minimum atomic E-state index is -1.36. The lowest BCUT2D eigenvalue weighted by molar-refractivity contribution is -0.253. The second-order valence-corrected chi connectivity index (χ2v) is 16.9. The van der Waals surface area contributed by atoms with Crippen molar-refractivity contribution in [1.82, 2.24) is 9.80 Å².